The molecule has 1 atom stereocenters. The van der Waals surface area contributed by atoms with Gasteiger partial charge in [0.15, 0.2) is 12.4 Å². The minimum atomic E-state index is -1.46. The van der Waals surface area contributed by atoms with Crippen molar-refractivity contribution in [1.29, 1.82) is 0 Å². The molecule has 0 aliphatic rings. The number of carbonyl (C=O) groups excluding carboxylic acids is 2. The van der Waals surface area contributed by atoms with Gasteiger partial charge in [0.1, 0.15) is 28.6 Å². The number of aromatic nitrogens is 1. The largest absolute Gasteiger partial charge is 0.494 e. The zero-order valence-corrected chi connectivity index (χ0v) is 20.5. The van der Waals surface area contributed by atoms with Crippen molar-refractivity contribution in [2.24, 2.45) is 5.73 Å². The van der Waals surface area contributed by atoms with Crippen LogP contribution in [0, 0.1) is 5.82 Å². The Morgan fingerprint density at radius 1 is 1.09 bits per heavy atom. The summed E-state index contributed by atoms with van der Waals surface area (Å²) < 4.78 is 24.2. The Labute approximate surface area is 211 Å². The van der Waals surface area contributed by atoms with Crippen LogP contribution in [0.3, 0.4) is 0 Å². The number of hydrogen-bond donors (Lipinski definition) is 2. The number of amides is 1. The van der Waals surface area contributed by atoms with E-state index in [4.69, 9.17) is 38.4 Å². The highest BCUT2D eigenvalue weighted by Gasteiger charge is 2.27. The van der Waals surface area contributed by atoms with Gasteiger partial charge in [-0.3, -0.25) is 9.59 Å². The summed E-state index contributed by atoms with van der Waals surface area (Å²) >= 11 is 12.1. The van der Waals surface area contributed by atoms with E-state index >= 15 is 0 Å². The predicted molar refractivity (Wildman–Crippen MR) is 130 cm³/mol. The first-order chi connectivity index (χ1) is 16.5. The van der Waals surface area contributed by atoms with Crippen molar-refractivity contribution in [3.8, 4) is 22.8 Å². The molecule has 0 aliphatic carbocycles. The number of Topliss-reactive ketones (excluding diaryl/α,β-unsaturated/α-hetero) is 1. The lowest BCUT2D eigenvalue weighted by atomic mass is 9.92. The molecule has 1 heterocycles. The van der Waals surface area contributed by atoms with Gasteiger partial charge in [0.25, 0.3) is 5.91 Å². The molecular weight excluding hydrogens is 498 g/mol. The third-order valence-electron chi connectivity index (χ3n) is 5.29. The van der Waals surface area contributed by atoms with E-state index in [0.29, 0.717) is 28.3 Å². The molecule has 1 unspecified atom stereocenters. The average Bonchev–Trinajstić information content (AvgIpc) is 2.83. The molecule has 0 bridgehead atoms. The fourth-order valence-electron chi connectivity index (χ4n) is 3.33. The van der Waals surface area contributed by atoms with E-state index in [1.54, 1.807) is 19.1 Å². The first-order valence-corrected chi connectivity index (χ1v) is 11.2. The number of halogens is 3. The maximum atomic E-state index is 13.6. The second-order valence-corrected chi connectivity index (χ2v) is 8.79. The van der Waals surface area contributed by atoms with E-state index in [2.05, 4.69) is 4.98 Å². The average molecular weight is 521 g/mol. The predicted octanol–water partition coefficient (Wildman–Crippen LogP) is 4.94. The van der Waals surface area contributed by atoms with Crippen LogP contribution in [0.5, 0.6) is 11.5 Å². The van der Waals surface area contributed by atoms with Gasteiger partial charge in [-0.05, 0) is 61.9 Å². The lowest BCUT2D eigenvalue weighted by Gasteiger charge is -2.24. The summed E-state index contributed by atoms with van der Waals surface area (Å²) in [5, 5.41) is 11.2. The third-order valence-corrected chi connectivity index (χ3v) is 5.87. The number of carbonyl (C=O) groups is 2. The van der Waals surface area contributed by atoms with E-state index < -0.39 is 17.3 Å². The van der Waals surface area contributed by atoms with Crippen molar-refractivity contribution in [1.82, 2.24) is 4.98 Å². The Morgan fingerprint density at radius 3 is 2.43 bits per heavy atom. The molecular formula is C25H23Cl2FN2O5. The molecule has 7 nitrogen and oxygen atoms in total. The molecule has 0 saturated heterocycles. The van der Waals surface area contributed by atoms with E-state index in [1.807, 2.05) is 0 Å². The van der Waals surface area contributed by atoms with E-state index in [-0.39, 0.29) is 41.0 Å². The molecule has 35 heavy (non-hydrogen) atoms. The summed E-state index contributed by atoms with van der Waals surface area (Å²) in [5.41, 5.74) is 5.09. The van der Waals surface area contributed by atoms with E-state index in [0.717, 1.165) is 0 Å². The van der Waals surface area contributed by atoms with Crippen LogP contribution in [0.2, 0.25) is 10.0 Å². The van der Waals surface area contributed by atoms with Crippen molar-refractivity contribution in [2.45, 2.75) is 25.4 Å². The maximum Gasteiger partial charge on any atom is 0.255 e. The van der Waals surface area contributed by atoms with Gasteiger partial charge in [0.05, 0.1) is 22.8 Å². The van der Waals surface area contributed by atoms with Gasteiger partial charge in [0, 0.05) is 17.5 Å². The molecule has 1 aromatic heterocycles. The molecule has 3 aromatic rings. The molecule has 1 amide bonds. The number of nitrogens with two attached hydrogens (primary N) is 1. The summed E-state index contributed by atoms with van der Waals surface area (Å²) in [6.45, 7) is 1.21. The molecule has 184 valence electrons. The standard InChI is InChI=1S/C25H23Cl2FN2O5/c1-25(33,10-9-19(31)14-4-6-20(17(27)11-14)35-13-23(29)32)22-8-7-21(34-2)24(30-22)15-3-5-18(28)16(26)12-15/h3-8,11-12,33H,9-10,13H2,1-2H3,(H2,29,32). The molecule has 0 saturated carbocycles. The SMILES string of the molecule is COc1ccc(C(C)(O)CCC(=O)c2ccc(OCC(N)=O)c(Cl)c2)nc1-c1ccc(F)c(Cl)c1. The normalized spacial score (nSPS) is 12.6. The Hall–Kier alpha value is -3.20. The number of hydrogen-bond acceptors (Lipinski definition) is 6. The molecule has 0 aliphatic heterocycles. The monoisotopic (exact) mass is 520 g/mol. The highest BCUT2D eigenvalue weighted by atomic mass is 35.5. The zero-order valence-electron chi connectivity index (χ0n) is 19.0. The van der Waals surface area contributed by atoms with Crippen LogP contribution in [0.25, 0.3) is 11.3 Å². The molecule has 0 fully saturated rings. The van der Waals surface area contributed by atoms with Crippen molar-refractivity contribution in [3.05, 3.63) is 75.7 Å². The van der Waals surface area contributed by atoms with Crippen LogP contribution >= 0.6 is 23.2 Å². The van der Waals surface area contributed by atoms with Crippen LogP contribution in [0.1, 0.15) is 35.8 Å². The number of aliphatic hydroxyl groups is 1. The van der Waals surface area contributed by atoms with Crippen LogP contribution in [-0.4, -0.2) is 35.5 Å². The zero-order chi connectivity index (χ0) is 25.8. The summed E-state index contributed by atoms with van der Waals surface area (Å²) in [5.74, 6) is -0.834. The Bertz CT molecular complexity index is 1270. The van der Waals surface area contributed by atoms with E-state index in [1.165, 1.54) is 43.5 Å². The number of methoxy groups -OCH3 is 1. The number of ether oxygens (including phenoxy) is 2. The minimum absolute atomic E-state index is 0.00373. The van der Waals surface area contributed by atoms with Crippen LogP contribution < -0.4 is 15.2 Å². The first-order valence-electron chi connectivity index (χ1n) is 10.5. The van der Waals surface area contributed by atoms with Crippen LogP contribution in [-0.2, 0) is 10.4 Å². The maximum absolute atomic E-state index is 13.6. The van der Waals surface area contributed by atoms with Crippen molar-refractivity contribution in [3.63, 3.8) is 0 Å². The Balaban J connectivity index is 1.77. The highest BCUT2D eigenvalue weighted by Crippen LogP contribution is 2.35. The smallest absolute Gasteiger partial charge is 0.255 e. The summed E-state index contributed by atoms with van der Waals surface area (Å²) in [4.78, 5) is 28.1. The highest BCUT2D eigenvalue weighted by molar-refractivity contribution is 6.32. The second kappa shape index (κ2) is 11.0. The van der Waals surface area contributed by atoms with Crippen molar-refractivity contribution >= 4 is 34.9 Å². The van der Waals surface area contributed by atoms with Gasteiger partial charge < -0.3 is 20.3 Å². The quantitative estimate of drug-likeness (QED) is 0.366. The summed E-state index contributed by atoms with van der Waals surface area (Å²) in [6.07, 6.45) is 0.0581. The van der Waals surface area contributed by atoms with E-state index in [9.17, 15) is 19.1 Å². The van der Waals surface area contributed by atoms with Gasteiger partial charge in [0.2, 0.25) is 0 Å². The number of benzene rings is 2. The molecule has 2 aromatic carbocycles. The lowest BCUT2D eigenvalue weighted by Crippen LogP contribution is -2.24. The fourth-order valence-corrected chi connectivity index (χ4v) is 3.75. The Morgan fingerprint density at radius 2 is 1.80 bits per heavy atom. The van der Waals surface area contributed by atoms with Gasteiger partial charge in [-0.1, -0.05) is 23.2 Å². The van der Waals surface area contributed by atoms with Crippen molar-refractivity contribution in [2.75, 3.05) is 13.7 Å². The molecule has 0 radical (unpaired) electrons. The van der Waals surface area contributed by atoms with Crippen molar-refractivity contribution < 1.29 is 28.6 Å². The molecule has 3 N–H and O–H groups in total. The fraction of sp³-hybridized carbons (Fsp3) is 0.240. The Kier molecular flexibility index (Phi) is 8.32. The number of primary amides is 1. The number of ketones is 1. The number of pyridine rings is 1. The topological polar surface area (TPSA) is 112 Å². The lowest BCUT2D eigenvalue weighted by molar-refractivity contribution is -0.119. The molecule has 0 spiro atoms. The number of rotatable bonds is 10. The second-order valence-electron chi connectivity index (χ2n) is 7.97. The van der Waals surface area contributed by atoms with Gasteiger partial charge in [-0.2, -0.15) is 0 Å². The van der Waals surface area contributed by atoms with Crippen LogP contribution in [0.4, 0.5) is 4.39 Å². The number of nitrogens with zero attached hydrogens (tertiary/aromatic N) is 1. The summed E-state index contributed by atoms with van der Waals surface area (Å²) in [7, 11) is 1.47. The third kappa shape index (κ3) is 6.48. The van der Waals surface area contributed by atoms with Gasteiger partial charge in [-0.25, -0.2) is 9.37 Å². The van der Waals surface area contributed by atoms with Crippen LogP contribution in [0.15, 0.2) is 48.5 Å². The first kappa shape index (κ1) is 26.4. The molecule has 3 rings (SSSR count). The van der Waals surface area contributed by atoms with Gasteiger partial charge in [-0.15, -0.1) is 0 Å². The molecule has 10 heteroatoms. The van der Waals surface area contributed by atoms with Gasteiger partial charge >= 0.3 is 0 Å². The summed E-state index contributed by atoms with van der Waals surface area (Å²) in [6, 6.07) is 11.8. The minimum Gasteiger partial charge on any atom is -0.494 e.